The van der Waals surface area contributed by atoms with E-state index < -0.39 is 17.4 Å². The highest BCUT2D eigenvalue weighted by Crippen LogP contribution is 2.38. The number of nitrogens with one attached hydrogen (secondary N) is 2. The smallest absolute Gasteiger partial charge is 0.260 e. The third-order valence-electron chi connectivity index (χ3n) is 5.18. The molecular weight excluding hydrogens is 409 g/mol. The second-order valence-electron chi connectivity index (χ2n) is 6.85. The van der Waals surface area contributed by atoms with E-state index in [9.17, 15) is 14.3 Å². The van der Waals surface area contributed by atoms with E-state index >= 15 is 0 Å². The van der Waals surface area contributed by atoms with Crippen LogP contribution in [0.15, 0.2) is 41.2 Å². The van der Waals surface area contributed by atoms with E-state index in [0.29, 0.717) is 30.2 Å². The van der Waals surface area contributed by atoms with E-state index in [2.05, 4.69) is 10.3 Å². The Morgan fingerprint density at radius 3 is 2.63 bits per heavy atom. The first-order chi connectivity index (χ1) is 14.4. The van der Waals surface area contributed by atoms with Gasteiger partial charge in [-0.25, -0.2) is 4.39 Å². The normalized spacial score (nSPS) is 15.5. The van der Waals surface area contributed by atoms with Crippen LogP contribution in [-0.2, 0) is 6.42 Å². The number of fused-ring (bicyclic) bond motifs is 1. The van der Waals surface area contributed by atoms with E-state index in [4.69, 9.17) is 21.7 Å². The number of aromatic hydroxyl groups is 1. The Kier molecular flexibility index (Phi) is 5.31. The maximum Gasteiger partial charge on any atom is 0.260 e. The molecule has 2 aromatic carbocycles. The van der Waals surface area contributed by atoms with Crippen molar-refractivity contribution in [2.45, 2.75) is 12.5 Å². The highest BCUT2D eigenvalue weighted by atomic mass is 32.1. The summed E-state index contributed by atoms with van der Waals surface area (Å²) in [6.07, 6.45) is 0.716. The minimum atomic E-state index is -0.618. The average Bonchev–Trinajstić information content (AvgIpc) is 2.72. The van der Waals surface area contributed by atoms with Gasteiger partial charge in [0.15, 0.2) is 16.3 Å². The van der Waals surface area contributed by atoms with Gasteiger partial charge in [-0.05, 0) is 60.1 Å². The molecule has 0 saturated heterocycles. The molecule has 1 aliphatic heterocycles. The number of benzene rings is 2. The molecule has 3 N–H and O–H groups in total. The van der Waals surface area contributed by atoms with Crippen LogP contribution in [0.2, 0.25) is 0 Å². The van der Waals surface area contributed by atoms with Crippen molar-refractivity contribution >= 4 is 12.2 Å². The fourth-order valence-electron chi connectivity index (χ4n) is 3.79. The summed E-state index contributed by atoms with van der Waals surface area (Å²) in [7, 11) is 3.09. The van der Waals surface area contributed by atoms with Crippen molar-refractivity contribution in [1.82, 2.24) is 14.9 Å². The Hall–Kier alpha value is -3.17. The molecule has 1 aliphatic rings. The van der Waals surface area contributed by atoms with E-state index in [0.717, 1.165) is 11.1 Å². The van der Waals surface area contributed by atoms with Crippen LogP contribution in [0.1, 0.15) is 22.7 Å². The minimum Gasteiger partial charge on any atom is -0.494 e. The monoisotopic (exact) mass is 429 g/mol. The summed E-state index contributed by atoms with van der Waals surface area (Å²) in [6.45, 7) is 0.585. The number of H-pyrrole nitrogens is 1. The first-order valence-corrected chi connectivity index (χ1v) is 9.67. The zero-order valence-electron chi connectivity index (χ0n) is 16.4. The van der Waals surface area contributed by atoms with Crippen LogP contribution in [0.25, 0.3) is 5.69 Å². The van der Waals surface area contributed by atoms with Crippen molar-refractivity contribution in [3.8, 4) is 23.1 Å². The number of nitrogens with zero attached hydrogens (tertiary/aromatic N) is 1. The lowest BCUT2D eigenvalue weighted by molar-refractivity contribution is 0.352. The molecule has 0 unspecified atom stereocenters. The number of hydrogen-bond donors (Lipinski definition) is 3. The van der Waals surface area contributed by atoms with Gasteiger partial charge in [0.25, 0.3) is 5.56 Å². The Morgan fingerprint density at radius 2 is 1.93 bits per heavy atom. The molecule has 9 heteroatoms. The summed E-state index contributed by atoms with van der Waals surface area (Å²) in [6, 6.07) is 8.66. The summed E-state index contributed by atoms with van der Waals surface area (Å²) in [4.78, 5) is 15.4. The van der Waals surface area contributed by atoms with Crippen molar-refractivity contribution < 1.29 is 19.0 Å². The Balaban J connectivity index is 1.94. The van der Waals surface area contributed by atoms with Crippen LogP contribution >= 0.6 is 12.2 Å². The van der Waals surface area contributed by atoms with Gasteiger partial charge in [0, 0.05) is 6.54 Å². The molecule has 0 amide bonds. The highest BCUT2D eigenvalue weighted by molar-refractivity contribution is 7.71. The van der Waals surface area contributed by atoms with Gasteiger partial charge in [-0.3, -0.25) is 14.3 Å². The van der Waals surface area contributed by atoms with Crippen LogP contribution in [-0.4, -0.2) is 35.4 Å². The predicted octanol–water partition coefficient (Wildman–Crippen LogP) is 2.99. The van der Waals surface area contributed by atoms with E-state index in [-0.39, 0.29) is 16.2 Å². The van der Waals surface area contributed by atoms with Crippen molar-refractivity contribution in [3.63, 3.8) is 0 Å². The van der Waals surface area contributed by atoms with E-state index in [1.165, 1.54) is 29.9 Å². The van der Waals surface area contributed by atoms with Crippen molar-refractivity contribution in [1.29, 1.82) is 0 Å². The molecule has 1 aromatic heterocycles. The summed E-state index contributed by atoms with van der Waals surface area (Å²) in [5.74, 6) is 0.263. The molecule has 0 bridgehead atoms. The Bertz CT molecular complexity index is 1240. The molecule has 7 nitrogen and oxygen atoms in total. The fourth-order valence-corrected chi connectivity index (χ4v) is 4.08. The number of aromatic amines is 1. The number of rotatable bonds is 4. The highest BCUT2D eigenvalue weighted by Gasteiger charge is 2.30. The lowest BCUT2D eigenvalue weighted by atomic mass is 9.90. The third kappa shape index (κ3) is 3.35. The molecule has 2 heterocycles. The Labute approximate surface area is 176 Å². The maximum absolute atomic E-state index is 13.8. The number of halogens is 1. The molecule has 0 saturated carbocycles. The molecule has 4 rings (SSSR count). The predicted molar refractivity (Wildman–Crippen MR) is 112 cm³/mol. The molecule has 30 heavy (non-hydrogen) atoms. The van der Waals surface area contributed by atoms with Crippen LogP contribution in [0.4, 0.5) is 4.39 Å². The number of hydrogen-bond acceptors (Lipinski definition) is 6. The fraction of sp³-hybridized carbons (Fsp3) is 0.238. The van der Waals surface area contributed by atoms with Gasteiger partial charge in [-0.15, -0.1) is 0 Å². The average molecular weight is 429 g/mol. The van der Waals surface area contributed by atoms with Gasteiger partial charge in [-0.1, -0.05) is 6.07 Å². The van der Waals surface area contributed by atoms with Gasteiger partial charge in [-0.2, -0.15) is 0 Å². The molecule has 0 radical (unpaired) electrons. The molecule has 156 valence electrons. The van der Waals surface area contributed by atoms with Gasteiger partial charge in [0.2, 0.25) is 5.88 Å². The lowest BCUT2D eigenvalue weighted by Gasteiger charge is -2.29. The minimum absolute atomic E-state index is 0.0322. The van der Waals surface area contributed by atoms with Crippen LogP contribution in [0.3, 0.4) is 0 Å². The molecule has 0 spiro atoms. The number of ether oxygens (including phenoxy) is 2. The third-order valence-corrected chi connectivity index (χ3v) is 5.46. The van der Waals surface area contributed by atoms with Crippen LogP contribution in [0.5, 0.6) is 17.4 Å². The number of methoxy groups -OCH3 is 2. The quantitative estimate of drug-likeness (QED) is 0.553. The van der Waals surface area contributed by atoms with Gasteiger partial charge in [0.05, 0.1) is 31.5 Å². The SMILES string of the molecule is COc1cc2c(cc1OC)[C@H](c1c(O)n(-c3cccc(F)c3)c(=S)[nH]c1=O)NCC2. The van der Waals surface area contributed by atoms with Crippen molar-refractivity contribution in [2.75, 3.05) is 20.8 Å². The summed E-state index contributed by atoms with van der Waals surface area (Å²) >= 11 is 5.23. The van der Waals surface area contributed by atoms with Gasteiger partial charge >= 0.3 is 0 Å². The summed E-state index contributed by atoms with van der Waals surface area (Å²) < 4.78 is 25.8. The van der Waals surface area contributed by atoms with Crippen LogP contribution in [0, 0.1) is 10.6 Å². The zero-order chi connectivity index (χ0) is 21.4. The molecule has 0 aliphatic carbocycles. The second kappa shape index (κ2) is 7.92. The number of aromatic nitrogens is 2. The maximum atomic E-state index is 13.8. The lowest BCUT2D eigenvalue weighted by Crippen LogP contribution is -2.35. The molecular formula is C21H20FN3O4S. The molecule has 1 atom stereocenters. The standard InChI is InChI=1S/C21H20FN3O4S/c1-28-15-8-11-6-7-23-18(14(11)10-16(15)29-2)17-19(26)24-21(30)25(20(17)27)13-5-3-4-12(22)9-13/h3-5,8-10,18,23,27H,6-7H2,1-2H3,(H,24,26,30)/t18-/m1/s1. The van der Waals surface area contributed by atoms with E-state index in [1.54, 1.807) is 19.2 Å². The van der Waals surface area contributed by atoms with Crippen molar-refractivity contribution in [3.05, 3.63) is 74.0 Å². The van der Waals surface area contributed by atoms with Crippen LogP contribution < -0.4 is 20.3 Å². The van der Waals surface area contributed by atoms with Gasteiger partial charge < -0.3 is 19.9 Å². The first-order valence-electron chi connectivity index (χ1n) is 9.27. The first kappa shape index (κ1) is 20.1. The zero-order valence-corrected chi connectivity index (χ0v) is 17.2. The summed E-state index contributed by atoms with van der Waals surface area (Å²) in [5.41, 5.74) is 1.61. The topological polar surface area (TPSA) is 88.5 Å². The molecule has 3 aromatic rings. The molecule has 0 fully saturated rings. The summed E-state index contributed by atoms with van der Waals surface area (Å²) in [5, 5.41) is 14.3. The second-order valence-corrected chi connectivity index (χ2v) is 7.24. The van der Waals surface area contributed by atoms with Gasteiger partial charge in [0.1, 0.15) is 5.82 Å². The largest absolute Gasteiger partial charge is 0.494 e. The van der Waals surface area contributed by atoms with E-state index in [1.807, 2.05) is 6.07 Å². The Morgan fingerprint density at radius 1 is 1.20 bits per heavy atom. The van der Waals surface area contributed by atoms with Crippen molar-refractivity contribution in [2.24, 2.45) is 0 Å².